The van der Waals surface area contributed by atoms with Crippen molar-refractivity contribution in [2.45, 2.75) is 33.8 Å². The highest BCUT2D eigenvalue weighted by Gasteiger charge is 2.25. The van der Waals surface area contributed by atoms with E-state index in [0.29, 0.717) is 19.7 Å². The van der Waals surface area contributed by atoms with E-state index in [9.17, 15) is 4.79 Å². The number of aliphatic imine (C=N–C) groups is 1. The van der Waals surface area contributed by atoms with Crippen LogP contribution in [0.1, 0.15) is 36.6 Å². The summed E-state index contributed by atoms with van der Waals surface area (Å²) in [6.45, 7) is 12.0. The van der Waals surface area contributed by atoms with E-state index in [1.165, 1.54) is 23.6 Å². The molecule has 0 spiro atoms. The first kappa shape index (κ1) is 19.2. The molecule has 0 aromatic heterocycles. The van der Waals surface area contributed by atoms with Crippen LogP contribution >= 0.6 is 0 Å². The van der Waals surface area contributed by atoms with Crippen LogP contribution in [0.25, 0.3) is 0 Å². The summed E-state index contributed by atoms with van der Waals surface area (Å²) in [5.74, 6) is 0.854. The molecule has 1 fully saturated rings. The monoisotopic (exact) mass is 346 g/mol. The number of benzene rings is 1. The van der Waals surface area contributed by atoms with Gasteiger partial charge in [-0.3, -0.25) is 9.79 Å². The van der Waals surface area contributed by atoms with E-state index in [4.69, 9.17) is 4.74 Å². The van der Waals surface area contributed by atoms with Gasteiger partial charge in [-0.25, -0.2) is 0 Å². The maximum absolute atomic E-state index is 11.0. The van der Waals surface area contributed by atoms with E-state index < -0.39 is 0 Å². The summed E-state index contributed by atoms with van der Waals surface area (Å²) >= 11 is 0. The number of hydrogen-bond acceptors (Lipinski definition) is 3. The Morgan fingerprint density at radius 2 is 2.16 bits per heavy atom. The van der Waals surface area contributed by atoms with Gasteiger partial charge in [0, 0.05) is 26.6 Å². The van der Waals surface area contributed by atoms with Gasteiger partial charge in [0.25, 0.3) is 0 Å². The Kier molecular flexibility index (Phi) is 7.25. The number of carbonyl (C=O) groups excluding carboxylic acids is 1. The Morgan fingerprint density at radius 3 is 2.84 bits per heavy atom. The van der Waals surface area contributed by atoms with E-state index in [1.807, 2.05) is 0 Å². The third-order valence-corrected chi connectivity index (χ3v) is 4.22. The van der Waals surface area contributed by atoms with Crippen LogP contribution in [0, 0.1) is 13.8 Å². The summed E-state index contributed by atoms with van der Waals surface area (Å²) in [5.41, 5.74) is 3.77. The van der Waals surface area contributed by atoms with Gasteiger partial charge in [-0.1, -0.05) is 23.8 Å². The molecule has 25 heavy (non-hydrogen) atoms. The van der Waals surface area contributed by atoms with Crippen LogP contribution in [-0.4, -0.2) is 56.1 Å². The molecule has 1 aliphatic heterocycles. The molecule has 0 saturated carbocycles. The highest BCUT2D eigenvalue weighted by Crippen LogP contribution is 2.25. The number of rotatable bonds is 5. The number of nitrogens with zero attached hydrogens (tertiary/aromatic N) is 2. The number of nitrogens with one attached hydrogen (secondary N) is 2. The number of carbonyl (C=O) groups is 1. The highest BCUT2D eigenvalue weighted by molar-refractivity contribution is 5.80. The molecule has 1 aliphatic rings. The molecule has 2 N–H and O–H groups in total. The van der Waals surface area contributed by atoms with Crippen LogP contribution in [0.5, 0.6) is 0 Å². The molecule has 1 aromatic rings. The first-order valence-electron chi connectivity index (χ1n) is 8.97. The molecule has 1 heterocycles. The molecule has 138 valence electrons. The van der Waals surface area contributed by atoms with Crippen molar-refractivity contribution < 1.29 is 9.53 Å². The van der Waals surface area contributed by atoms with Gasteiger partial charge < -0.3 is 20.3 Å². The average Bonchev–Trinajstić information content (AvgIpc) is 2.57. The van der Waals surface area contributed by atoms with Crippen LogP contribution in [0.15, 0.2) is 23.2 Å². The molecule has 6 heteroatoms. The van der Waals surface area contributed by atoms with Crippen molar-refractivity contribution in [1.82, 2.24) is 15.5 Å². The van der Waals surface area contributed by atoms with Crippen LogP contribution in [-0.2, 0) is 9.53 Å². The van der Waals surface area contributed by atoms with Crippen LogP contribution in [0.2, 0.25) is 0 Å². The quantitative estimate of drug-likeness (QED) is 0.485. The molecular formula is C19H30N4O2. The van der Waals surface area contributed by atoms with Crippen molar-refractivity contribution in [3.05, 3.63) is 34.9 Å². The second kappa shape index (κ2) is 9.42. The maximum atomic E-state index is 11.0. The summed E-state index contributed by atoms with van der Waals surface area (Å²) in [6.07, 6.45) is 0.0496. The second-order valence-corrected chi connectivity index (χ2v) is 6.38. The van der Waals surface area contributed by atoms with Gasteiger partial charge in [0.05, 0.1) is 19.7 Å². The molecule has 1 saturated heterocycles. The zero-order chi connectivity index (χ0) is 18.2. The van der Waals surface area contributed by atoms with E-state index in [-0.39, 0.29) is 12.0 Å². The molecule has 1 atom stereocenters. The van der Waals surface area contributed by atoms with E-state index in [1.54, 1.807) is 0 Å². The standard InChI is InChI=1S/C19H30N4O2/c1-5-20-19(22-9-8-21-16(4)24)23-10-11-25-18(13-23)17-7-6-14(2)12-15(17)3/h6-7,12,18H,5,8-11,13H2,1-4H3,(H,20,22)(H,21,24). The summed E-state index contributed by atoms with van der Waals surface area (Å²) in [4.78, 5) is 17.8. The number of aryl methyl sites for hydroxylation is 2. The van der Waals surface area contributed by atoms with Gasteiger partial charge >= 0.3 is 0 Å². The number of morpholine rings is 1. The zero-order valence-electron chi connectivity index (χ0n) is 15.8. The van der Waals surface area contributed by atoms with E-state index in [2.05, 4.69) is 59.5 Å². The Labute approximate surface area is 150 Å². The van der Waals surface area contributed by atoms with Gasteiger partial charge in [0.1, 0.15) is 6.10 Å². The molecular weight excluding hydrogens is 316 g/mol. The fraction of sp³-hybridized carbons (Fsp3) is 0.579. The van der Waals surface area contributed by atoms with Crippen LogP contribution < -0.4 is 10.6 Å². The Balaban J connectivity index is 2.05. The van der Waals surface area contributed by atoms with Crippen molar-refractivity contribution in [1.29, 1.82) is 0 Å². The average molecular weight is 346 g/mol. The minimum Gasteiger partial charge on any atom is -0.370 e. The lowest BCUT2D eigenvalue weighted by Crippen LogP contribution is -2.48. The first-order valence-corrected chi connectivity index (χ1v) is 8.97. The SMILES string of the molecule is CCNC(=NCCNC(C)=O)N1CCOC(c2ccc(C)cc2C)C1. The number of guanidine groups is 1. The van der Waals surface area contributed by atoms with Crippen molar-refractivity contribution in [2.24, 2.45) is 4.99 Å². The van der Waals surface area contributed by atoms with Gasteiger partial charge in [-0.2, -0.15) is 0 Å². The minimum atomic E-state index is -0.0264. The Hall–Kier alpha value is -2.08. The third kappa shape index (κ3) is 5.74. The predicted molar refractivity (Wildman–Crippen MR) is 101 cm³/mol. The lowest BCUT2D eigenvalue weighted by atomic mass is 10.00. The lowest BCUT2D eigenvalue weighted by Gasteiger charge is -2.36. The maximum Gasteiger partial charge on any atom is 0.216 e. The van der Waals surface area contributed by atoms with Crippen molar-refractivity contribution in [3.8, 4) is 0 Å². The minimum absolute atomic E-state index is 0.0264. The third-order valence-electron chi connectivity index (χ3n) is 4.22. The number of amides is 1. The number of ether oxygens (including phenoxy) is 1. The molecule has 1 unspecified atom stereocenters. The molecule has 2 rings (SSSR count). The normalized spacial score (nSPS) is 18.2. The molecule has 6 nitrogen and oxygen atoms in total. The van der Waals surface area contributed by atoms with Gasteiger partial charge in [-0.15, -0.1) is 0 Å². The van der Waals surface area contributed by atoms with E-state index >= 15 is 0 Å². The molecule has 0 aliphatic carbocycles. The summed E-state index contributed by atoms with van der Waals surface area (Å²) in [6, 6.07) is 6.50. The fourth-order valence-corrected chi connectivity index (χ4v) is 3.04. The summed E-state index contributed by atoms with van der Waals surface area (Å²) in [5, 5.41) is 6.12. The second-order valence-electron chi connectivity index (χ2n) is 6.38. The Bertz CT molecular complexity index is 615. The van der Waals surface area contributed by atoms with Gasteiger partial charge in [-0.05, 0) is 31.9 Å². The van der Waals surface area contributed by atoms with Gasteiger partial charge in [0.2, 0.25) is 5.91 Å². The molecule has 0 radical (unpaired) electrons. The first-order chi connectivity index (χ1) is 12.0. The van der Waals surface area contributed by atoms with Crippen molar-refractivity contribution >= 4 is 11.9 Å². The smallest absolute Gasteiger partial charge is 0.216 e. The Morgan fingerprint density at radius 1 is 1.36 bits per heavy atom. The van der Waals surface area contributed by atoms with Crippen LogP contribution in [0.3, 0.4) is 0 Å². The fourth-order valence-electron chi connectivity index (χ4n) is 3.04. The van der Waals surface area contributed by atoms with Crippen molar-refractivity contribution in [3.63, 3.8) is 0 Å². The highest BCUT2D eigenvalue weighted by atomic mass is 16.5. The van der Waals surface area contributed by atoms with Crippen LogP contribution in [0.4, 0.5) is 0 Å². The van der Waals surface area contributed by atoms with Crippen molar-refractivity contribution in [2.75, 3.05) is 39.3 Å². The zero-order valence-corrected chi connectivity index (χ0v) is 15.8. The lowest BCUT2D eigenvalue weighted by molar-refractivity contribution is -0.118. The molecule has 0 bridgehead atoms. The molecule has 1 amide bonds. The largest absolute Gasteiger partial charge is 0.370 e. The number of hydrogen-bond donors (Lipinski definition) is 2. The van der Waals surface area contributed by atoms with Gasteiger partial charge in [0.15, 0.2) is 5.96 Å². The topological polar surface area (TPSA) is 66.0 Å². The molecule has 1 aromatic carbocycles. The summed E-state index contributed by atoms with van der Waals surface area (Å²) < 4.78 is 6.02. The van der Waals surface area contributed by atoms with E-state index in [0.717, 1.165) is 25.6 Å². The summed E-state index contributed by atoms with van der Waals surface area (Å²) in [7, 11) is 0. The predicted octanol–water partition coefficient (Wildman–Crippen LogP) is 1.78.